The molecule has 1 unspecified atom stereocenters. The molecule has 0 aromatic rings. The fourth-order valence-electron chi connectivity index (χ4n) is 0.665. The van der Waals surface area contributed by atoms with E-state index in [1.54, 1.807) is 5.43 Å². The minimum absolute atomic E-state index is 0. The third-order valence-electron chi connectivity index (χ3n) is 1.20. The second-order valence-electron chi connectivity index (χ2n) is 2.43. The average molecular weight is 193 g/mol. The van der Waals surface area contributed by atoms with Crippen molar-refractivity contribution in [2.24, 2.45) is 11.8 Å². The average Bonchev–Trinajstić information content (AvgIpc) is 1.60. The highest BCUT2D eigenvalue weighted by Crippen LogP contribution is 2.24. The van der Waals surface area contributed by atoms with Gasteiger partial charge in [-0.15, -0.1) is 12.4 Å². The number of alkyl halides is 3. The molecule has 0 radical (unpaired) electrons. The fourth-order valence-corrected chi connectivity index (χ4v) is 0.665. The van der Waals surface area contributed by atoms with E-state index in [9.17, 15) is 13.2 Å². The minimum atomic E-state index is -4.25. The van der Waals surface area contributed by atoms with Gasteiger partial charge in [0.25, 0.3) is 0 Å². The first-order valence-electron chi connectivity index (χ1n) is 2.92. The van der Waals surface area contributed by atoms with E-state index in [4.69, 9.17) is 0 Å². The lowest BCUT2D eigenvalue weighted by Gasteiger charge is -2.22. The quantitative estimate of drug-likeness (QED) is 0.514. The van der Waals surface area contributed by atoms with Crippen molar-refractivity contribution in [1.29, 1.82) is 0 Å². The van der Waals surface area contributed by atoms with Gasteiger partial charge in [-0.3, -0.25) is 5.84 Å². The van der Waals surface area contributed by atoms with E-state index in [1.165, 1.54) is 13.8 Å². The van der Waals surface area contributed by atoms with Crippen LogP contribution in [-0.2, 0) is 0 Å². The first kappa shape index (κ1) is 13.6. The molecule has 0 spiro atoms. The summed E-state index contributed by atoms with van der Waals surface area (Å²) in [6.45, 7) is 2.91. The van der Waals surface area contributed by atoms with Crippen LogP contribution in [0.4, 0.5) is 13.2 Å². The molecular formula is C5H12ClF3N2. The fraction of sp³-hybridized carbons (Fsp3) is 1.00. The molecule has 0 aliphatic rings. The molecule has 1 atom stereocenters. The maximum absolute atomic E-state index is 11.8. The monoisotopic (exact) mass is 192 g/mol. The molecule has 3 N–H and O–H groups in total. The zero-order valence-corrected chi connectivity index (χ0v) is 7.09. The number of nitrogens with two attached hydrogens (primary N) is 1. The summed E-state index contributed by atoms with van der Waals surface area (Å²) in [5, 5.41) is 0. The lowest BCUT2D eigenvalue weighted by atomic mass is 10.1. The van der Waals surface area contributed by atoms with Crippen molar-refractivity contribution in [1.82, 2.24) is 5.43 Å². The number of rotatable bonds is 2. The van der Waals surface area contributed by atoms with Gasteiger partial charge in [0.15, 0.2) is 0 Å². The van der Waals surface area contributed by atoms with Crippen LogP contribution in [0.25, 0.3) is 0 Å². The van der Waals surface area contributed by atoms with Crippen LogP contribution in [0.15, 0.2) is 0 Å². The largest absolute Gasteiger partial charge is 0.405 e. The van der Waals surface area contributed by atoms with Crippen LogP contribution >= 0.6 is 12.4 Å². The minimum Gasteiger partial charge on any atom is -0.271 e. The predicted octanol–water partition coefficient (Wildman–Crippen LogP) is 1.46. The Morgan fingerprint density at radius 2 is 1.64 bits per heavy atom. The van der Waals surface area contributed by atoms with Crippen molar-refractivity contribution in [3.8, 4) is 0 Å². The lowest BCUT2D eigenvalue weighted by molar-refractivity contribution is -0.165. The van der Waals surface area contributed by atoms with Gasteiger partial charge in [-0.2, -0.15) is 13.2 Å². The molecule has 0 rings (SSSR count). The van der Waals surface area contributed by atoms with Gasteiger partial charge in [-0.05, 0) is 5.92 Å². The summed E-state index contributed by atoms with van der Waals surface area (Å²) in [5.74, 6) is 4.15. The van der Waals surface area contributed by atoms with E-state index in [-0.39, 0.29) is 12.4 Å². The highest BCUT2D eigenvalue weighted by atomic mass is 35.5. The van der Waals surface area contributed by atoms with Crippen LogP contribution in [-0.4, -0.2) is 12.2 Å². The Labute approximate surface area is 69.7 Å². The summed E-state index contributed by atoms with van der Waals surface area (Å²) >= 11 is 0. The van der Waals surface area contributed by atoms with E-state index in [0.717, 1.165) is 0 Å². The topological polar surface area (TPSA) is 38.0 Å². The summed E-state index contributed by atoms with van der Waals surface area (Å²) in [6, 6.07) is -1.60. The van der Waals surface area contributed by atoms with Crippen molar-refractivity contribution < 1.29 is 13.2 Å². The first-order chi connectivity index (χ1) is 4.39. The normalized spacial score (nSPS) is 14.5. The van der Waals surface area contributed by atoms with E-state index in [1.807, 2.05) is 0 Å². The zero-order chi connectivity index (χ0) is 8.36. The molecule has 0 fully saturated rings. The Hall–Kier alpha value is -0.0000000000000000555. The summed E-state index contributed by atoms with van der Waals surface area (Å²) in [7, 11) is 0. The molecule has 11 heavy (non-hydrogen) atoms. The summed E-state index contributed by atoms with van der Waals surface area (Å²) in [4.78, 5) is 0. The van der Waals surface area contributed by atoms with Crippen molar-refractivity contribution in [3.05, 3.63) is 0 Å². The molecular weight excluding hydrogens is 181 g/mol. The van der Waals surface area contributed by atoms with Gasteiger partial charge in [0.1, 0.15) is 6.04 Å². The van der Waals surface area contributed by atoms with Gasteiger partial charge in [-0.25, -0.2) is 5.43 Å². The Morgan fingerprint density at radius 3 is 1.64 bits per heavy atom. The number of nitrogens with one attached hydrogen (secondary N) is 1. The van der Waals surface area contributed by atoms with Crippen LogP contribution in [0.2, 0.25) is 0 Å². The number of hydrogen-bond acceptors (Lipinski definition) is 2. The van der Waals surface area contributed by atoms with Gasteiger partial charge >= 0.3 is 6.18 Å². The van der Waals surface area contributed by atoms with Crippen LogP contribution in [0.5, 0.6) is 0 Å². The summed E-state index contributed by atoms with van der Waals surface area (Å²) in [5.41, 5.74) is 1.72. The standard InChI is InChI=1S/C5H11F3N2.ClH/c1-3(2)4(10-9)5(6,7)8;/h3-4,10H,9H2,1-2H3;1H. The van der Waals surface area contributed by atoms with Crippen LogP contribution in [0, 0.1) is 5.92 Å². The molecule has 0 amide bonds. The molecule has 0 bridgehead atoms. The van der Waals surface area contributed by atoms with Gasteiger partial charge in [0.2, 0.25) is 0 Å². The zero-order valence-electron chi connectivity index (χ0n) is 6.27. The number of hydrazine groups is 1. The Bertz CT molecular complexity index is 104. The summed E-state index contributed by atoms with van der Waals surface area (Å²) < 4.78 is 35.5. The highest BCUT2D eigenvalue weighted by molar-refractivity contribution is 5.85. The maximum atomic E-state index is 11.8. The Balaban J connectivity index is 0. The van der Waals surface area contributed by atoms with Gasteiger partial charge < -0.3 is 0 Å². The van der Waals surface area contributed by atoms with E-state index >= 15 is 0 Å². The second kappa shape index (κ2) is 4.79. The second-order valence-corrected chi connectivity index (χ2v) is 2.43. The van der Waals surface area contributed by atoms with Gasteiger partial charge in [0, 0.05) is 0 Å². The molecule has 0 saturated heterocycles. The number of hydrogen-bond donors (Lipinski definition) is 2. The molecule has 0 aromatic carbocycles. The van der Waals surface area contributed by atoms with Crippen molar-refractivity contribution in [2.45, 2.75) is 26.1 Å². The third kappa shape index (κ3) is 4.44. The van der Waals surface area contributed by atoms with Crippen molar-refractivity contribution >= 4 is 12.4 Å². The molecule has 70 valence electrons. The number of halogens is 4. The molecule has 0 aromatic heterocycles. The predicted molar refractivity (Wildman–Crippen MR) is 39.3 cm³/mol. The van der Waals surface area contributed by atoms with E-state index < -0.39 is 18.1 Å². The van der Waals surface area contributed by atoms with E-state index in [2.05, 4.69) is 5.84 Å². The molecule has 0 aliphatic heterocycles. The third-order valence-corrected chi connectivity index (χ3v) is 1.20. The van der Waals surface area contributed by atoms with Gasteiger partial charge in [-0.1, -0.05) is 13.8 Å². The summed E-state index contributed by atoms with van der Waals surface area (Å²) in [6.07, 6.45) is -4.25. The highest BCUT2D eigenvalue weighted by Gasteiger charge is 2.40. The molecule has 0 saturated carbocycles. The molecule has 2 nitrogen and oxygen atoms in total. The SMILES string of the molecule is CC(C)C(NN)C(F)(F)F.Cl. The molecule has 6 heteroatoms. The Kier molecular flexibility index (Phi) is 5.92. The Morgan fingerprint density at radius 1 is 1.27 bits per heavy atom. The van der Waals surface area contributed by atoms with E-state index in [0.29, 0.717) is 0 Å². The van der Waals surface area contributed by atoms with Crippen LogP contribution in [0.3, 0.4) is 0 Å². The van der Waals surface area contributed by atoms with Crippen molar-refractivity contribution in [2.75, 3.05) is 0 Å². The van der Waals surface area contributed by atoms with Gasteiger partial charge in [0.05, 0.1) is 0 Å². The first-order valence-corrected chi connectivity index (χ1v) is 2.92. The van der Waals surface area contributed by atoms with Crippen LogP contribution < -0.4 is 11.3 Å². The van der Waals surface area contributed by atoms with Crippen LogP contribution in [0.1, 0.15) is 13.8 Å². The maximum Gasteiger partial charge on any atom is 0.405 e. The lowest BCUT2D eigenvalue weighted by Crippen LogP contribution is -2.49. The molecule has 0 heterocycles. The molecule has 0 aliphatic carbocycles. The van der Waals surface area contributed by atoms with Crippen molar-refractivity contribution in [3.63, 3.8) is 0 Å². The smallest absolute Gasteiger partial charge is 0.271 e.